The Morgan fingerprint density at radius 3 is 2.24 bits per heavy atom. The van der Waals surface area contributed by atoms with Gasteiger partial charge in [0, 0.05) is 23.0 Å². The maximum atomic E-state index is 13.1. The van der Waals surface area contributed by atoms with Crippen LogP contribution in [-0.4, -0.2) is 43.2 Å². The number of nitrogens with one attached hydrogen (secondary N) is 2. The Kier molecular flexibility index (Phi) is 6.17. The molecule has 0 saturated carbocycles. The fourth-order valence-corrected chi connectivity index (χ4v) is 4.09. The van der Waals surface area contributed by atoms with Crippen LogP contribution < -0.4 is 5.32 Å². The van der Waals surface area contributed by atoms with Gasteiger partial charge in [-0.3, -0.25) is 0 Å². The lowest BCUT2D eigenvalue weighted by molar-refractivity contribution is -0.142. The van der Waals surface area contributed by atoms with Crippen molar-refractivity contribution in [2.24, 2.45) is 0 Å². The Morgan fingerprint density at radius 2 is 1.58 bits per heavy atom. The SMILES string of the molecule is CCOC(=O)C1=C(C(=O)OCC)[C@H](c2ccc(C(=O)OC)cc2)c2ccc3[nH]ccc3c2N1. The second-order valence-electron chi connectivity index (χ2n) is 7.37. The average molecular weight is 448 g/mol. The lowest BCUT2D eigenvalue weighted by Gasteiger charge is -2.31. The fourth-order valence-electron chi connectivity index (χ4n) is 4.09. The molecule has 2 aromatic carbocycles. The molecule has 3 aromatic rings. The predicted octanol–water partition coefficient (Wildman–Crippen LogP) is 3.89. The van der Waals surface area contributed by atoms with E-state index in [9.17, 15) is 14.4 Å². The molecule has 0 fully saturated rings. The first-order valence-corrected chi connectivity index (χ1v) is 10.6. The third-order valence-electron chi connectivity index (χ3n) is 5.53. The molecule has 1 atom stereocenters. The summed E-state index contributed by atoms with van der Waals surface area (Å²) < 4.78 is 15.4. The highest BCUT2D eigenvalue weighted by atomic mass is 16.5. The van der Waals surface area contributed by atoms with E-state index in [4.69, 9.17) is 14.2 Å². The molecule has 8 nitrogen and oxygen atoms in total. The highest BCUT2D eigenvalue weighted by Gasteiger charge is 2.38. The number of hydrogen-bond acceptors (Lipinski definition) is 7. The average Bonchev–Trinajstić information content (AvgIpc) is 3.32. The van der Waals surface area contributed by atoms with Gasteiger partial charge in [0.25, 0.3) is 0 Å². The minimum Gasteiger partial charge on any atom is -0.465 e. The van der Waals surface area contributed by atoms with Gasteiger partial charge in [-0.25, -0.2) is 14.4 Å². The van der Waals surface area contributed by atoms with E-state index >= 15 is 0 Å². The summed E-state index contributed by atoms with van der Waals surface area (Å²) in [6, 6.07) is 12.5. The number of hydrogen-bond donors (Lipinski definition) is 2. The molecular formula is C25H24N2O6. The third-order valence-corrected chi connectivity index (χ3v) is 5.53. The highest BCUT2D eigenvalue weighted by Crippen LogP contribution is 2.45. The quantitative estimate of drug-likeness (QED) is 0.435. The molecule has 2 N–H and O–H groups in total. The summed E-state index contributed by atoms with van der Waals surface area (Å²) in [5.41, 5.74) is 3.66. The zero-order valence-corrected chi connectivity index (χ0v) is 18.6. The van der Waals surface area contributed by atoms with Crippen molar-refractivity contribution in [2.75, 3.05) is 25.6 Å². The van der Waals surface area contributed by atoms with E-state index in [-0.39, 0.29) is 24.5 Å². The molecule has 170 valence electrons. The molecule has 1 aromatic heterocycles. The number of benzene rings is 2. The van der Waals surface area contributed by atoms with Crippen LogP contribution >= 0.6 is 0 Å². The third kappa shape index (κ3) is 3.95. The van der Waals surface area contributed by atoms with E-state index in [1.165, 1.54) is 7.11 Å². The number of aromatic amines is 1. The molecule has 8 heteroatoms. The van der Waals surface area contributed by atoms with Crippen molar-refractivity contribution in [2.45, 2.75) is 19.8 Å². The van der Waals surface area contributed by atoms with Crippen molar-refractivity contribution in [3.63, 3.8) is 0 Å². The fraction of sp³-hybridized carbons (Fsp3) is 0.240. The summed E-state index contributed by atoms with van der Waals surface area (Å²) in [5, 5.41) is 4.02. The first-order valence-electron chi connectivity index (χ1n) is 10.6. The first-order chi connectivity index (χ1) is 16.0. The molecule has 0 radical (unpaired) electrons. The molecule has 4 rings (SSSR count). The van der Waals surface area contributed by atoms with Gasteiger partial charge in [-0.1, -0.05) is 18.2 Å². The molecular weight excluding hydrogens is 424 g/mol. The van der Waals surface area contributed by atoms with Crippen LogP contribution in [0.3, 0.4) is 0 Å². The predicted molar refractivity (Wildman–Crippen MR) is 122 cm³/mol. The number of carbonyl (C=O) groups is 3. The summed E-state index contributed by atoms with van der Waals surface area (Å²) >= 11 is 0. The minimum atomic E-state index is -0.644. The van der Waals surface area contributed by atoms with Crippen LogP contribution in [0.15, 0.2) is 59.9 Å². The second-order valence-corrected chi connectivity index (χ2v) is 7.37. The molecule has 1 aliphatic rings. The standard InChI is InChI=1S/C25H24N2O6/c1-4-32-24(29)20-19(14-6-8-15(9-7-14)23(28)31-3)17-10-11-18-16(12-13-26-18)21(17)27-22(20)25(30)33-5-2/h6-13,19,26-27H,4-5H2,1-3H3/t19-/m1/s1. The number of ether oxygens (including phenoxy) is 3. The summed E-state index contributed by atoms with van der Waals surface area (Å²) in [5.74, 6) is -2.34. The van der Waals surface area contributed by atoms with Gasteiger partial charge in [0.2, 0.25) is 0 Å². The van der Waals surface area contributed by atoms with E-state index in [1.54, 1.807) is 44.3 Å². The van der Waals surface area contributed by atoms with Crippen LogP contribution in [0.5, 0.6) is 0 Å². The van der Waals surface area contributed by atoms with Gasteiger partial charge in [-0.05, 0) is 49.2 Å². The van der Waals surface area contributed by atoms with Crippen LogP contribution in [0.1, 0.15) is 41.3 Å². The molecule has 0 amide bonds. The summed E-state index contributed by atoms with van der Waals surface area (Å²) in [4.78, 5) is 41.1. The van der Waals surface area contributed by atoms with Gasteiger partial charge in [-0.2, -0.15) is 0 Å². The number of carbonyl (C=O) groups excluding carboxylic acids is 3. The largest absolute Gasteiger partial charge is 0.465 e. The van der Waals surface area contributed by atoms with Gasteiger partial charge >= 0.3 is 17.9 Å². The molecule has 1 aliphatic heterocycles. The van der Waals surface area contributed by atoms with Crippen molar-refractivity contribution in [3.8, 4) is 0 Å². The summed E-state index contributed by atoms with van der Waals surface area (Å²) in [6.07, 6.45) is 1.81. The van der Waals surface area contributed by atoms with Gasteiger partial charge in [0.1, 0.15) is 5.70 Å². The lowest BCUT2D eigenvalue weighted by atomic mass is 9.79. The Bertz CT molecular complexity index is 1260. The van der Waals surface area contributed by atoms with E-state index in [0.29, 0.717) is 16.8 Å². The first kappa shape index (κ1) is 22.1. The lowest BCUT2D eigenvalue weighted by Crippen LogP contribution is -2.30. The Morgan fingerprint density at radius 1 is 0.879 bits per heavy atom. The zero-order valence-electron chi connectivity index (χ0n) is 18.6. The highest BCUT2D eigenvalue weighted by molar-refractivity contribution is 6.09. The minimum absolute atomic E-state index is 0.0403. The second kappa shape index (κ2) is 9.20. The van der Waals surface area contributed by atoms with Crippen molar-refractivity contribution < 1.29 is 28.6 Å². The molecule has 33 heavy (non-hydrogen) atoms. The zero-order chi connectivity index (χ0) is 23.5. The summed E-state index contributed by atoms with van der Waals surface area (Å²) in [7, 11) is 1.31. The number of esters is 3. The maximum Gasteiger partial charge on any atom is 0.355 e. The Labute approximate surface area is 190 Å². The topological polar surface area (TPSA) is 107 Å². The van der Waals surface area contributed by atoms with Crippen molar-refractivity contribution in [1.29, 1.82) is 0 Å². The monoisotopic (exact) mass is 448 g/mol. The van der Waals surface area contributed by atoms with E-state index in [1.807, 2.05) is 18.2 Å². The number of methoxy groups -OCH3 is 1. The van der Waals surface area contributed by atoms with Crippen molar-refractivity contribution in [3.05, 3.63) is 76.6 Å². The van der Waals surface area contributed by atoms with Crippen molar-refractivity contribution >= 4 is 34.5 Å². The van der Waals surface area contributed by atoms with Gasteiger partial charge in [0.15, 0.2) is 0 Å². The van der Waals surface area contributed by atoms with Crippen molar-refractivity contribution in [1.82, 2.24) is 4.98 Å². The Hall–Kier alpha value is -4.07. The summed E-state index contributed by atoms with van der Waals surface area (Å²) in [6.45, 7) is 3.71. The normalized spacial score (nSPS) is 14.9. The smallest absolute Gasteiger partial charge is 0.355 e. The number of aromatic nitrogens is 1. The maximum absolute atomic E-state index is 13.1. The van der Waals surface area contributed by atoms with E-state index in [2.05, 4.69) is 10.3 Å². The number of fused-ring (bicyclic) bond motifs is 3. The van der Waals surface area contributed by atoms with Gasteiger partial charge in [-0.15, -0.1) is 0 Å². The Balaban J connectivity index is 1.96. The number of anilines is 1. The van der Waals surface area contributed by atoms with Gasteiger partial charge in [0.05, 0.1) is 37.1 Å². The molecule has 0 saturated heterocycles. The molecule has 0 aliphatic carbocycles. The van der Waals surface area contributed by atoms with Gasteiger partial charge < -0.3 is 24.5 Å². The van der Waals surface area contributed by atoms with Crippen LogP contribution in [0.25, 0.3) is 10.9 Å². The number of rotatable bonds is 6. The molecule has 0 bridgehead atoms. The van der Waals surface area contributed by atoms with E-state index < -0.39 is 23.8 Å². The van der Waals surface area contributed by atoms with Crippen LogP contribution in [0.4, 0.5) is 5.69 Å². The van der Waals surface area contributed by atoms with Crippen LogP contribution in [0.2, 0.25) is 0 Å². The molecule has 0 spiro atoms. The number of H-pyrrole nitrogens is 1. The van der Waals surface area contributed by atoms with Crippen LogP contribution in [0, 0.1) is 0 Å². The van der Waals surface area contributed by atoms with Crippen LogP contribution in [-0.2, 0) is 23.8 Å². The molecule has 0 unspecified atom stereocenters. The molecule has 2 heterocycles. The van der Waals surface area contributed by atoms with E-state index in [0.717, 1.165) is 16.5 Å².